The number of aromatic amines is 1. The van der Waals surface area contributed by atoms with Gasteiger partial charge in [-0.25, -0.2) is 0 Å². The summed E-state index contributed by atoms with van der Waals surface area (Å²) in [5.74, 6) is 1.23. The van der Waals surface area contributed by atoms with Gasteiger partial charge in [0, 0.05) is 18.7 Å². The Labute approximate surface area is 164 Å². The van der Waals surface area contributed by atoms with Gasteiger partial charge < -0.3 is 14.8 Å². The third-order valence-corrected chi connectivity index (χ3v) is 4.56. The Balaban J connectivity index is 1.68. The third-order valence-electron chi connectivity index (χ3n) is 4.28. The van der Waals surface area contributed by atoms with Crippen molar-refractivity contribution >= 4 is 11.6 Å². The van der Waals surface area contributed by atoms with Crippen molar-refractivity contribution in [3.63, 3.8) is 0 Å². The average molecular weight is 386 g/mol. The second-order valence-electron chi connectivity index (χ2n) is 6.28. The Morgan fingerprint density at radius 2 is 1.93 bits per heavy atom. The zero-order chi connectivity index (χ0) is 19.2. The molecule has 27 heavy (non-hydrogen) atoms. The van der Waals surface area contributed by atoms with E-state index in [9.17, 15) is 0 Å². The first-order valence-electron chi connectivity index (χ1n) is 8.91. The minimum absolute atomic E-state index is 0.538. The van der Waals surface area contributed by atoms with Crippen molar-refractivity contribution in [2.75, 3.05) is 13.7 Å². The van der Waals surface area contributed by atoms with Gasteiger partial charge >= 0.3 is 0 Å². The van der Waals surface area contributed by atoms with E-state index in [1.807, 2.05) is 25.3 Å². The molecule has 3 rings (SSSR count). The first-order valence-corrected chi connectivity index (χ1v) is 9.29. The molecule has 142 valence electrons. The molecule has 2 aromatic carbocycles. The lowest BCUT2D eigenvalue weighted by molar-refractivity contribution is 0.311. The Hall–Kier alpha value is -2.50. The number of hydrogen-bond donors (Lipinski definition) is 2. The van der Waals surface area contributed by atoms with Gasteiger partial charge in [0.05, 0.1) is 30.6 Å². The molecule has 0 aliphatic heterocycles. The number of ether oxygens (including phenoxy) is 2. The molecule has 0 fully saturated rings. The fraction of sp³-hybridized carbons (Fsp3) is 0.286. The van der Waals surface area contributed by atoms with Gasteiger partial charge in [0.15, 0.2) is 11.5 Å². The number of methoxy groups -OCH3 is 1. The van der Waals surface area contributed by atoms with Crippen LogP contribution in [-0.4, -0.2) is 23.9 Å². The lowest BCUT2D eigenvalue weighted by Gasteiger charge is -2.13. The number of halogens is 1. The molecule has 0 saturated heterocycles. The van der Waals surface area contributed by atoms with Crippen LogP contribution < -0.4 is 14.8 Å². The highest BCUT2D eigenvalue weighted by Gasteiger charge is 2.12. The molecular weight excluding hydrogens is 362 g/mol. The second-order valence-corrected chi connectivity index (χ2v) is 6.69. The topological polar surface area (TPSA) is 59.2 Å². The van der Waals surface area contributed by atoms with Crippen molar-refractivity contribution in [2.45, 2.75) is 26.9 Å². The first-order chi connectivity index (χ1) is 13.1. The van der Waals surface area contributed by atoms with E-state index in [1.54, 1.807) is 7.11 Å². The SMILES string of the molecule is CCOc1c(Cl)cc(CNCc2cn[nH]c2-c2ccc(C)cc2)cc1OC. The molecule has 0 amide bonds. The Morgan fingerprint density at radius 1 is 1.15 bits per heavy atom. The maximum atomic E-state index is 6.34. The van der Waals surface area contributed by atoms with Crippen LogP contribution in [-0.2, 0) is 13.1 Å². The van der Waals surface area contributed by atoms with Crippen molar-refractivity contribution in [1.82, 2.24) is 15.5 Å². The van der Waals surface area contributed by atoms with Crippen LogP contribution in [0.15, 0.2) is 42.6 Å². The second kappa shape index (κ2) is 8.93. The van der Waals surface area contributed by atoms with E-state index in [-0.39, 0.29) is 0 Å². The summed E-state index contributed by atoms with van der Waals surface area (Å²) in [7, 11) is 1.62. The molecule has 2 N–H and O–H groups in total. The highest BCUT2D eigenvalue weighted by Crippen LogP contribution is 2.36. The molecule has 0 bridgehead atoms. The number of aromatic nitrogens is 2. The summed E-state index contributed by atoms with van der Waals surface area (Å²) in [6, 6.07) is 12.2. The zero-order valence-corrected chi connectivity index (χ0v) is 16.6. The molecule has 0 unspecified atom stereocenters. The number of nitrogens with zero attached hydrogens (tertiary/aromatic N) is 1. The van der Waals surface area contributed by atoms with Crippen molar-refractivity contribution in [1.29, 1.82) is 0 Å². The molecule has 1 aromatic heterocycles. The molecule has 5 nitrogen and oxygen atoms in total. The molecular formula is C21H24ClN3O2. The molecule has 0 atom stereocenters. The molecule has 6 heteroatoms. The summed E-state index contributed by atoms with van der Waals surface area (Å²) in [4.78, 5) is 0. The largest absolute Gasteiger partial charge is 0.493 e. The third kappa shape index (κ3) is 4.62. The van der Waals surface area contributed by atoms with Crippen LogP contribution >= 0.6 is 11.6 Å². The van der Waals surface area contributed by atoms with Gasteiger partial charge in [-0.1, -0.05) is 41.4 Å². The lowest BCUT2D eigenvalue weighted by atomic mass is 10.1. The van der Waals surface area contributed by atoms with E-state index in [0.29, 0.717) is 36.2 Å². The maximum absolute atomic E-state index is 6.34. The highest BCUT2D eigenvalue weighted by molar-refractivity contribution is 6.32. The van der Waals surface area contributed by atoms with Crippen LogP contribution in [0.25, 0.3) is 11.3 Å². The summed E-state index contributed by atoms with van der Waals surface area (Å²) in [6.07, 6.45) is 1.86. The van der Waals surface area contributed by atoms with Gasteiger partial charge in [-0.05, 0) is 37.1 Å². The Kier molecular flexibility index (Phi) is 6.37. The van der Waals surface area contributed by atoms with Crippen molar-refractivity contribution in [3.05, 3.63) is 64.3 Å². The minimum Gasteiger partial charge on any atom is -0.493 e. The standard InChI is InChI=1S/C21H24ClN3O2/c1-4-27-21-18(22)9-15(10-19(21)26-3)11-23-12-17-13-24-25-20(17)16-7-5-14(2)6-8-16/h5-10,13,23H,4,11-12H2,1-3H3,(H,24,25). The molecule has 3 aromatic rings. The van der Waals surface area contributed by atoms with Crippen LogP contribution in [0.3, 0.4) is 0 Å². The quantitative estimate of drug-likeness (QED) is 0.588. The number of rotatable bonds is 8. The van der Waals surface area contributed by atoms with Gasteiger partial charge in [-0.15, -0.1) is 0 Å². The van der Waals surface area contributed by atoms with E-state index in [1.165, 1.54) is 5.56 Å². The van der Waals surface area contributed by atoms with Crippen molar-refractivity contribution in [3.8, 4) is 22.8 Å². The average Bonchev–Trinajstić information content (AvgIpc) is 3.13. The Morgan fingerprint density at radius 3 is 2.63 bits per heavy atom. The van der Waals surface area contributed by atoms with Gasteiger partial charge in [-0.2, -0.15) is 5.10 Å². The van der Waals surface area contributed by atoms with E-state index in [0.717, 1.165) is 22.4 Å². The molecule has 0 saturated carbocycles. The fourth-order valence-corrected chi connectivity index (χ4v) is 3.20. The maximum Gasteiger partial charge on any atom is 0.179 e. The summed E-state index contributed by atoms with van der Waals surface area (Å²) in [5.41, 5.74) is 5.54. The normalized spacial score (nSPS) is 10.8. The summed E-state index contributed by atoms with van der Waals surface area (Å²) >= 11 is 6.34. The first kappa shape index (κ1) is 19.3. The Bertz CT molecular complexity index is 891. The smallest absolute Gasteiger partial charge is 0.179 e. The fourth-order valence-electron chi connectivity index (χ4n) is 2.92. The van der Waals surface area contributed by atoms with Crippen LogP contribution in [0.1, 0.15) is 23.6 Å². The van der Waals surface area contributed by atoms with Crippen molar-refractivity contribution in [2.24, 2.45) is 0 Å². The van der Waals surface area contributed by atoms with Crippen LogP contribution in [0.5, 0.6) is 11.5 Å². The van der Waals surface area contributed by atoms with Crippen LogP contribution in [0, 0.1) is 6.92 Å². The summed E-state index contributed by atoms with van der Waals surface area (Å²) in [6.45, 7) is 5.88. The van der Waals surface area contributed by atoms with Gasteiger partial charge in [-0.3, -0.25) is 5.10 Å². The molecule has 1 heterocycles. The summed E-state index contributed by atoms with van der Waals surface area (Å²) < 4.78 is 11.0. The van der Waals surface area contributed by atoms with Crippen LogP contribution in [0.4, 0.5) is 0 Å². The highest BCUT2D eigenvalue weighted by atomic mass is 35.5. The molecule has 0 aliphatic rings. The number of H-pyrrole nitrogens is 1. The van der Waals surface area contributed by atoms with Gasteiger partial charge in [0.1, 0.15) is 0 Å². The number of hydrogen-bond acceptors (Lipinski definition) is 4. The minimum atomic E-state index is 0.538. The monoisotopic (exact) mass is 385 g/mol. The van der Waals surface area contributed by atoms with Gasteiger partial charge in [0.25, 0.3) is 0 Å². The van der Waals surface area contributed by atoms with Crippen LogP contribution in [0.2, 0.25) is 5.02 Å². The molecule has 0 aliphatic carbocycles. The van der Waals surface area contributed by atoms with Crippen molar-refractivity contribution < 1.29 is 9.47 Å². The summed E-state index contributed by atoms with van der Waals surface area (Å²) in [5, 5.41) is 11.3. The zero-order valence-electron chi connectivity index (χ0n) is 15.8. The van der Waals surface area contributed by atoms with E-state index in [2.05, 4.69) is 46.7 Å². The van der Waals surface area contributed by atoms with E-state index < -0.39 is 0 Å². The van der Waals surface area contributed by atoms with E-state index >= 15 is 0 Å². The predicted molar refractivity (Wildman–Crippen MR) is 108 cm³/mol. The molecule has 0 spiro atoms. The predicted octanol–water partition coefficient (Wildman–Crippen LogP) is 4.74. The number of aryl methyl sites for hydroxylation is 1. The number of nitrogens with one attached hydrogen (secondary N) is 2. The molecule has 0 radical (unpaired) electrons. The lowest BCUT2D eigenvalue weighted by Crippen LogP contribution is -2.13. The number of benzene rings is 2. The van der Waals surface area contributed by atoms with E-state index in [4.69, 9.17) is 21.1 Å². The van der Waals surface area contributed by atoms with Gasteiger partial charge in [0.2, 0.25) is 0 Å².